The quantitative estimate of drug-likeness (QED) is 0.752. The van der Waals surface area contributed by atoms with E-state index < -0.39 is 9.84 Å². The van der Waals surface area contributed by atoms with Gasteiger partial charge in [-0.05, 0) is 32.2 Å². The Morgan fingerprint density at radius 2 is 2.18 bits per heavy atom. The Kier molecular flexibility index (Phi) is 3.73. The third kappa shape index (κ3) is 2.98. The lowest BCUT2D eigenvalue weighted by Crippen LogP contribution is -2.51. The van der Waals surface area contributed by atoms with Crippen molar-refractivity contribution in [1.82, 2.24) is 10.2 Å². The van der Waals surface area contributed by atoms with Crippen molar-refractivity contribution in [3.63, 3.8) is 0 Å². The molecule has 2 aliphatic heterocycles. The summed E-state index contributed by atoms with van der Waals surface area (Å²) in [4.78, 5) is 13.8. The highest BCUT2D eigenvalue weighted by atomic mass is 32.2. The Balaban J connectivity index is 1.93. The van der Waals surface area contributed by atoms with E-state index in [0.29, 0.717) is 13.0 Å². The van der Waals surface area contributed by atoms with Crippen LogP contribution in [0.2, 0.25) is 0 Å². The third-order valence-electron chi connectivity index (χ3n) is 3.68. The van der Waals surface area contributed by atoms with E-state index in [1.807, 2.05) is 4.90 Å². The molecule has 1 amide bonds. The molecule has 5 nitrogen and oxygen atoms in total. The first-order valence-electron chi connectivity index (χ1n) is 6.18. The van der Waals surface area contributed by atoms with Gasteiger partial charge in [0, 0.05) is 13.1 Å². The predicted molar refractivity (Wildman–Crippen MR) is 65.4 cm³/mol. The first-order chi connectivity index (χ1) is 8.02. The molecule has 2 fully saturated rings. The number of nitrogens with zero attached hydrogens (tertiary/aromatic N) is 1. The molecule has 2 unspecified atom stereocenters. The van der Waals surface area contributed by atoms with Crippen LogP contribution in [0.5, 0.6) is 0 Å². The van der Waals surface area contributed by atoms with E-state index in [2.05, 4.69) is 5.32 Å². The van der Waals surface area contributed by atoms with Crippen LogP contribution in [-0.2, 0) is 14.6 Å². The van der Waals surface area contributed by atoms with Crippen LogP contribution in [0.25, 0.3) is 0 Å². The van der Waals surface area contributed by atoms with Crippen molar-refractivity contribution < 1.29 is 13.2 Å². The van der Waals surface area contributed by atoms with Gasteiger partial charge in [0.2, 0.25) is 5.91 Å². The summed E-state index contributed by atoms with van der Waals surface area (Å²) < 4.78 is 22.7. The van der Waals surface area contributed by atoms with Crippen molar-refractivity contribution in [2.75, 3.05) is 31.6 Å². The molecule has 98 valence electrons. The second-order valence-electron chi connectivity index (χ2n) is 5.04. The topological polar surface area (TPSA) is 66.5 Å². The molecule has 0 aromatic heterocycles. The highest BCUT2D eigenvalue weighted by Gasteiger charge is 2.33. The van der Waals surface area contributed by atoms with Crippen LogP contribution < -0.4 is 5.32 Å². The molecule has 0 bridgehead atoms. The standard InChI is InChI=1S/C11H20N2O3S/c1-12-10-3-2-5-13(11(10)14)7-9-4-6-17(15,16)8-9/h9-10,12H,2-8H2,1H3. The minimum absolute atomic E-state index is 0.0817. The summed E-state index contributed by atoms with van der Waals surface area (Å²) in [6.07, 6.45) is 2.59. The molecule has 2 heterocycles. The summed E-state index contributed by atoms with van der Waals surface area (Å²) in [5.74, 6) is 0.804. The Labute approximate surface area is 102 Å². The normalized spacial score (nSPS) is 33.0. The van der Waals surface area contributed by atoms with Crippen LogP contribution in [0.4, 0.5) is 0 Å². The molecule has 0 radical (unpaired) electrons. The van der Waals surface area contributed by atoms with E-state index in [1.54, 1.807) is 7.05 Å². The van der Waals surface area contributed by atoms with Crippen LogP contribution in [0, 0.1) is 5.92 Å². The summed E-state index contributed by atoms with van der Waals surface area (Å²) in [6.45, 7) is 1.38. The number of sulfone groups is 1. The summed E-state index contributed by atoms with van der Waals surface area (Å²) in [7, 11) is -1.04. The van der Waals surface area contributed by atoms with Crippen LogP contribution in [0.3, 0.4) is 0 Å². The SMILES string of the molecule is CNC1CCCN(CC2CCS(=O)(=O)C2)C1=O. The maximum Gasteiger partial charge on any atom is 0.239 e. The van der Waals surface area contributed by atoms with E-state index in [1.165, 1.54) is 0 Å². The molecule has 17 heavy (non-hydrogen) atoms. The molecule has 0 aromatic rings. The van der Waals surface area contributed by atoms with E-state index in [4.69, 9.17) is 0 Å². The molecule has 1 N–H and O–H groups in total. The first-order valence-corrected chi connectivity index (χ1v) is 8.00. The smallest absolute Gasteiger partial charge is 0.239 e. The highest BCUT2D eigenvalue weighted by Crippen LogP contribution is 2.21. The van der Waals surface area contributed by atoms with Crippen molar-refractivity contribution in [3.05, 3.63) is 0 Å². The number of carbonyl (C=O) groups excluding carboxylic acids is 1. The molecule has 2 rings (SSSR count). The lowest BCUT2D eigenvalue weighted by atomic mass is 10.0. The molecule has 0 saturated carbocycles. The predicted octanol–water partition coefficient (Wildman–Crippen LogP) is -0.368. The summed E-state index contributed by atoms with van der Waals surface area (Å²) in [5.41, 5.74) is 0. The number of nitrogens with one attached hydrogen (secondary N) is 1. The number of carbonyl (C=O) groups is 1. The van der Waals surface area contributed by atoms with E-state index in [9.17, 15) is 13.2 Å². The zero-order chi connectivity index (χ0) is 12.5. The Morgan fingerprint density at radius 1 is 1.41 bits per heavy atom. The van der Waals surface area contributed by atoms with Crippen molar-refractivity contribution in [1.29, 1.82) is 0 Å². The zero-order valence-corrected chi connectivity index (χ0v) is 11.0. The van der Waals surface area contributed by atoms with Crippen molar-refractivity contribution in [3.8, 4) is 0 Å². The minimum atomic E-state index is -2.84. The number of hydrogen-bond acceptors (Lipinski definition) is 4. The van der Waals surface area contributed by atoms with Gasteiger partial charge in [0.25, 0.3) is 0 Å². The Bertz CT molecular complexity index is 394. The zero-order valence-electron chi connectivity index (χ0n) is 10.2. The van der Waals surface area contributed by atoms with Gasteiger partial charge in [-0.25, -0.2) is 8.42 Å². The van der Waals surface area contributed by atoms with Crippen LogP contribution in [-0.4, -0.2) is 56.9 Å². The van der Waals surface area contributed by atoms with Crippen molar-refractivity contribution in [2.24, 2.45) is 5.92 Å². The Hall–Kier alpha value is -0.620. The van der Waals surface area contributed by atoms with Gasteiger partial charge in [-0.2, -0.15) is 0 Å². The third-order valence-corrected chi connectivity index (χ3v) is 5.52. The fourth-order valence-corrected chi connectivity index (χ4v) is 4.57. The van der Waals surface area contributed by atoms with E-state index in [-0.39, 0.29) is 29.4 Å². The summed E-state index contributed by atoms with van der Waals surface area (Å²) in [6, 6.07) is -0.0817. The number of rotatable bonds is 3. The maximum absolute atomic E-state index is 12.0. The first kappa shape index (κ1) is 12.8. The summed E-state index contributed by atoms with van der Waals surface area (Å²) in [5, 5.41) is 3.02. The molecule has 0 aliphatic carbocycles. The number of piperidine rings is 1. The second kappa shape index (κ2) is 4.94. The lowest BCUT2D eigenvalue weighted by Gasteiger charge is -2.33. The molecule has 0 spiro atoms. The molecule has 2 saturated heterocycles. The van der Waals surface area contributed by atoms with Crippen molar-refractivity contribution >= 4 is 15.7 Å². The van der Waals surface area contributed by atoms with Crippen LogP contribution in [0.1, 0.15) is 19.3 Å². The highest BCUT2D eigenvalue weighted by molar-refractivity contribution is 7.91. The number of likely N-dealkylation sites (tertiary alicyclic amines) is 1. The van der Waals surface area contributed by atoms with Gasteiger partial charge < -0.3 is 10.2 Å². The van der Waals surface area contributed by atoms with E-state index in [0.717, 1.165) is 19.4 Å². The fourth-order valence-electron chi connectivity index (χ4n) is 2.72. The monoisotopic (exact) mass is 260 g/mol. The largest absolute Gasteiger partial charge is 0.341 e. The molecule has 2 atom stereocenters. The number of likely N-dealkylation sites (N-methyl/N-ethyl adjacent to an activating group) is 1. The van der Waals surface area contributed by atoms with Gasteiger partial charge in [0.1, 0.15) is 0 Å². The molecule has 2 aliphatic rings. The fraction of sp³-hybridized carbons (Fsp3) is 0.909. The molecular weight excluding hydrogens is 240 g/mol. The van der Waals surface area contributed by atoms with E-state index >= 15 is 0 Å². The second-order valence-corrected chi connectivity index (χ2v) is 7.27. The van der Waals surface area contributed by atoms with Gasteiger partial charge in [-0.3, -0.25) is 4.79 Å². The van der Waals surface area contributed by atoms with Gasteiger partial charge in [0.15, 0.2) is 9.84 Å². The van der Waals surface area contributed by atoms with Crippen LogP contribution in [0.15, 0.2) is 0 Å². The van der Waals surface area contributed by atoms with Gasteiger partial charge in [-0.1, -0.05) is 0 Å². The van der Waals surface area contributed by atoms with Gasteiger partial charge >= 0.3 is 0 Å². The van der Waals surface area contributed by atoms with Gasteiger partial charge in [0.05, 0.1) is 17.5 Å². The molecule has 6 heteroatoms. The molecule has 0 aromatic carbocycles. The van der Waals surface area contributed by atoms with Crippen LogP contribution >= 0.6 is 0 Å². The maximum atomic E-state index is 12.0. The Morgan fingerprint density at radius 3 is 2.76 bits per heavy atom. The average Bonchev–Trinajstić information content (AvgIpc) is 2.61. The lowest BCUT2D eigenvalue weighted by molar-refractivity contribution is -0.136. The average molecular weight is 260 g/mol. The summed E-state index contributed by atoms with van der Waals surface area (Å²) >= 11 is 0. The number of hydrogen-bond donors (Lipinski definition) is 1. The number of amides is 1. The van der Waals surface area contributed by atoms with Crippen molar-refractivity contribution in [2.45, 2.75) is 25.3 Å². The minimum Gasteiger partial charge on any atom is -0.341 e. The van der Waals surface area contributed by atoms with Gasteiger partial charge in [-0.15, -0.1) is 0 Å². The molecular formula is C11H20N2O3S.